The Bertz CT molecular complexity index is 1150. The van der Waals surface area contributed by atoms with Crippen LogP contribution in [-0.2, 0) is 4.74 Å². The topological polar surface area (TPSA) is 89.6 Å². The van der Waals surface area contributed by atoms with E-state index in [1.807, 2.05) is 75.7 Å². The summed E-state index contributed by atoms with van der Waals surface area (Å²) in [5, 5.41) is 2.98. The summed E-state index contributed by atoms with van der Waals surface area (Å²) in [5.74, 6) is 0.696. The Balaban J connectivity index is 1.42. The summed E-state index contributed by atoms with van der Waals surface area (Å²) in [4.78, 5) is 31.6. The molecule has 176 valence electrons. The quantitative estimate of drug-likeness (QED) is 0.558. The van der Waals surface area contributed by atoms with Crippen LogP contribution in [0.2, 0.25) is 0 Å². The molecule has 3 heterocycles. The first kappa shape index (κ1) is 22.9. The smallest absolute Gasteiger partial charge is 0.410 e. The lowest BCUT2D eigenvalue weighted by atomic mass is 10.0. The number of carbonyl (C=O) groups is 2. The molecule has 2 aromatic heterocycles. The maximum absolute atomic E-state index is 13.1. The molecule has 0 radical (unpaired) electrons. The molecule has 0 saturated carbocycles. The van der Waals surface area contributed by atoms with E-state index in [4.69, 9.17) is 9.15 Å². The van der Waals surface area contributed by atoms with Crippen LogP contribution in [0, 0.1) is 0 Å². The second-order valence-electron chi connectivity index (χ2n) is 9.84. The summed E-state index contributed by atoms with van der Waals surface area (Å²) in [5.41, 5.74) is 2.18. The standard InChI is InChI=1S/C25H32N4O4/c1-16(2)23-27-19-15-17(8-9-21(19)32-23)26-22(30)20-7-6-12-29(20)18-10-13-28(14-11-18)24(31)33-25(3,4)5/h6-9,12,15-16,18H,10-11,13-14H2,1-5H3,(H,26,30). The molecule has 8 nitrogen and oxygen atoms in total. The van der Waals surface area contributed by atoms with Gasteiger partial charge in [0, 0.05) is 36.9 Å². The number of likely N-dealkylation sites (tertiary alicyclic amines) is 1. The lowest BCUT2D eigenvalue weighted by Gasteiger charge is -2.34. The number of fused-ring (bicyclic) bond motifs is 1. The molecule has 1 fully saturated rings. The first-order valence-corrected chi connectivity index (χ1v) is 11.5. The number of oxazole rings is 1. The highest BCUT2D eigenvalue weighted by Gasteiger charge is 2.28. The van der Waals surface area contributed by atoms with Gasteiger partial charge in [-0.1, -0.05) is 13.8 Å². The van der Waals surface area contributed by atoms with Crippen LogP contribution in [0.5, 0.6) is 0 Å². The molecule has 0 bridgehead atoms. The number of benzene rings is 1. The molecule has 0 unspecified atom stereocenters. The highest BCUT2D eigenvalue weighted by molar-refractivity contribution is 6.04. The zero-order valence-electron chi connectivity index (χ0n) is 19.9. The van der Waals surface area contributed by atoms with E-state index in [1.165, 1.54) is 0 Å². The van der Waals surface area contributed by atoms with Crippen molar-refractivity contribution in [3.63, 3.8) is 0 Å². The third kappa shape index (κ3) is 5.21. The monoisotopic (exact) mass is 452 g/mol. The number of hydrogen-bond acceptors (Lipinski definition) is 5. The van der Waals surface area contributed by atoms with E-state index in [-0.39, 0.29) is 24.0 Å². The minimum atomic E-state index is -0.509. The van der Waals surface area contributed by atoms with Crippen molar-refractivity contribution in [3.8, 4) is 0 Å². The number of ether oxygens (including phenoxy) is 1. The van der Waals surface area contributed by atoms with Crippen molar-refractivity contribution in [1.82, 2.24) is 14.5 Å². The van der Waals surface area contributed by atoms with Crippen LogP contribution in [0.25, 0.3) is 11.1 Å². The molecule has 4 rings (SSSR count). The first-order chi connectivity index (χ1) is 15.6. The van der Waals surface area contributed by atoms with Crippen LogP contribution in [-0.4, -0.2) is 45.1 Å². The van der Waals surface area contributed by atoms with E-state index in [0.29, 0.717) is 35.9 Å². The van der Waals surface area contributed by atoms with Crippen LogP contribution in [0.3, 0.4) is 0 Å². The van der Waals surface area contributed by atoms with Crippen molar-refractivity contribution >= 4 is 28.8 Å². The lowest BCUT2D eigenvalue weighted by molar-refractivity contribution is 0.0187. The number of nitrogens with zero attached hydrogens (tertiary/aromatic N) is 3. The number of carbonyl (C=O) groups excluding carboxylic acids is 2. The number of anilines is 1. The van der Waals surface area contributed by atoms with Gasteiger partial charge >= 0.3 is 6.09 Å². The van der Waals surface area contributed by atoms with Gasteiger partial charge in [-0.05, 0) is 63.9 Å². The van der Waals surface area contributed by atoms with Crippen LogP contribution in [0.1, 0.15) is 75.8 Å². The van der Waals surface area contributed by atoms with Gasteiger partial charge < -0.3 is 23.9 Å². The van der Waals surface area contributed by atoms with E-state index in [1.54, 1.807) is 4.90 Å². The molecule has 1 aromatic carbocycles. The van der Waals surface area contributed by atoms with Crippen LogP contribution in [0.15, 0.2) is 40.9 Å². The van der Waals surface area contributed by atoms with Crippen LogP contribution in [0.4, 0.5) is 10.5 Å². The molecule has 2 amide bonds. The fraction of sp³-hybridized carbons (Fsp3) is 0.480. The van der Waals surface area contributed by atoms with Crippen molar-refractivity contribution in [2.45, 2.75) is 65.0 Å². The Labute approximate surface area is 193 Å². The van der Waals surface area contributed by atoms with Crippen molar-refractivity contribution in [1.29, 1.82) is 0 Å². The van der Waals surface area contributed by atoms with Crippen LogP contribution < -0.4 is 5.32 Å². The van der Waals surface area contributed by atoms with Crippen molar-refractivity contribution in [2.75, 3.05) is 18.4 Å². The summed E-state index contributed by atoms with van der Waals surface area (Å²) in [6, 6.07) is 9.32. The Morgan fingerprint density at radius 3 is 2.58 bits per heavy atom. The summed E-state index contributed by atoms with van der Waals surface area (Å²) < 4.78 is 13.2. The van der Waals surface area contributed by atoms with E-state index in [2.05, 4.69) is 10.3 Å². The van der Waals surface area contributed by atoms with Crippen molar-refractivity contribution in [2.24, 2.45) is 0 Å². The normalized spacial score (nSPS) is 15.3. The number of amides is 2. The first-order valence-electron chi connectivity index (χ1n) is 11.5. The number of piperidine rings is 1. The van der Waals surface area contributed by atoms with Gasteiger partial charge in [-0.3, -0.25) is 4.79 Å². The average molecular weight is 453 g/mol. The maximum atomic E-state index is 13.1. The maximum Gasteiger partial charge on any atom is 0.410 e. The van der Waals surface area contributed by atoms with Gasteiger partial charge in [0.25, 0.3) is 5.91 Å². The predicted molar refractivity (Wildman–Crippen MR) is 127 cm³/mol. The van der Waals surface area contributed by atoms with Crippen LogP contribution >= 0.6 is 0 Å². The zero-order chi connectivity index (χ0) is 23.8. The van der Waals surface area contributed by atoms with Gasteiger partial charge in [-0.2, -0.15) is 0 Å². The highest BCUT2D eigenvalue weighted by Crippen LogP contribution is 2.27. The minimum Gasteiger partial charge on any atom is -0.444 e. The van der Waals surface area contributed by atoms with E-state index >= 15 is 0 Å². The second kappa shape index (κ2) is 8.92. The molecule has 8 heteroatoms. The summed E-state index contributed by atoms with van der Waals surface area (Å²) in [7, 11) is 0. The Kier molecular flexibility index (Phi) is 6.19. The van der Waals surface area contributed by atoms with Gasteiger partial charge in [0.05, 0.1) is 0 Å². The summed E-state index contributed by atoms with van der Waals surface area (Å²) in [6.45, 7) is 10.8. The number of rotatable bonds is 4. The fourth-order valence-electron chi connectivity index (χ4n) is 4.02. The number of aromatic nitrogens is 2. The lowest BCUT2D eigenvalue weighted by Crippen LogP contribution is -2.42. The fourth-order valence-corrected chi connectivity index (χ4v) is 4.02. The molecular formula is C25H32N4O4. The van der Waals surface area contributed by atoms with Crippen molar-refractivity contribution in [3.05, 3.63) is 48.1 Å². The highest BCUT2D eigenvalue weighted by atomic mass is 16.6. The SMILES string of the molecule is CC(C)c1nc2cc(NC(=O)c3cccn3C3CCN(C(=O)OC(C)(C)C)CC3)ccc2o1. The third-order valence-electron chi connectivity index (χ3n) is 5.68. The van der Waals surface area contributed by atoms with E-state index in [0.717, 1.165) is 18.4 Å². The second-order valence-corrected chi connectivity index (χ2v) is 9.84. The van der Waals surface area contributed by atoms with Crippen molar-refractivity contribution < 1.29 is 18.7 Å². The van der Waals surface area contributed by atoms with Gasteiger partial charge in [-0.25, -0.2) is 9.78 Å². The molecular weight excluding hydrogens is 420 g/mol. The Morgan fingerprint density at radius 2 is 1.91 bits per heavy atom. The van der Waals surface area contributed by atoms with Gasteiger partial charge in [0.2, 0.25) is 0 Å². The molecule has 1 aliphatic heterocycles. The predicted octanol–water partition coefficient (Wildman–Crippen LogP) is 5.58. The van der Waals surface area contributed by atoms with Gasteiger partial charge in [0.1, 0.15) is 16.8 Å². The Hall–Kier alpha value is -3.29. The average Bonchev–Trinajstić information content (AvgIpc) is 3.39. The molecule has 1 saturated heterocycles. The van der Waals surface area contributed by atoms with E-state index < -0.39 is 5.60 Å². The molecule has 0 spiro atoms. The molecule has 0 atom stereocenters. The minimum absolute atomic E-state index is 0.144. The molecule has 3 aromatic rings. The van der Waals surface area contributed by atoms with Gasteiger partial charge in [-0.15, -0.1) is 0 Å². The van der Waals surface area contributed by atoms with E-state index in [9.17, 15) is 9.59 Å². The molecule has 1 aliphatic rings. The summed E-state index contributed by atoms with van der Waals surface area (Å²) >= 11 is 0. The Morgan fingerprint density at radius 1 is 1.18 bits per heavy atom. The largest absolute Gasteiger partial charge is 0.444 e. The van der Waals surface area contributed by atoms with Gasteiger partial charge in [0.15, 0.2) is 11.5 Å². The molecule has 1 N–H and O–H groups in total. The third-order valence-corrected chi connectivity index (χ3v) is 5.68. The number of nitrogens with one attached hydrogen (secondary N) is 1. The molecule has 33 heavy (non-hydrogen) atoms. The summed E-state index contributed by atoms with van der Waals surface area (Å²) in [6.07, 6.45) is 3.17. The zero-order valence-corrected chi connectivity index (χ0v) is 19.9. The molecule has 0 aliphatic carbocycles. The number of hydrogen-bond donors (Lipinski definition) is 1.